The van der Waals surface area contributed by atoms with Gasteiger partial charge in [-0.05, 0) is 30.7 Å². The van der Waals surface area contributed by atoms with Crippen LogP contribution in [-0.2, 0) is 0 Å². The molecular weight excluding hydrogens is 284 g/mol. The minimum atomic E-state index is 0.278. The predicted molar refractivity (Wildman–Crippen MR) is 81.3 cm³/mol. The summed E-state index contributed by atoms with van der Waals surface area (Å²) in [5.41, 5.74) is 3.68. The van der Waals surface area contributed by atoms with E-state index in [4.69, 9.17) is 11.6 Å². The van der Waals surface area contributed by atoms with E-state index in [-0.39, 0.29) is 5.69 Å². The average molecular weight is 295 g/mol. The number of rotatable bonds is 2. The van der Waals surface area contributed by atoms with E-state index in [2.05, 4.69) is 16.4 Å². The second-order valence-electron chi connectivity index (χ2n) is 4.61. The van der Waals surface area contributed by atoms with Crippen molar-refractivity contribution in [1.82, 2.24) is 15.0 Å². The SMILES string of the molecule is Cc1ccccc1-n1nnc(C#N)c1-c1cccc(Cl)c1. The van der Waals surface area contributed by atoms with Gasteiger partial charge in [0.2, 0.25) is 0 Å². The lowest BCUT2D eigenvalue weighted by Gasteiger charge is -2.09. The van der Waals surface area contributed by atoms with Gasteiger partial charge in [0.1, 0.15) is 11.8 Å². The molecule has 3 rings (SSSR count). The third-order valence-electron chi connectivity index (χ3n) is 3.22. The first-order valence-electron chi connectivity index (χ1n) is 6.38. The molecule has 1 heterocycles. The first-order valence-corrected chi connectivity index (χ1v) is 6.76. The first-order chi connectivity index (χ1) is 10.2. The monoisotopic (exact) mass is 294 g/mol. The number of hydrogen-bond donors (Lipinski definition) is 0. The quantitative estimate of drug-likeness (QED) is 0.723. The molecule has 102 valence electrons. The highest BCUT2D eigenvalue weighted by molar-refractivity contribution is 6.30. The van der Waals surface area contributed by atoms with Crippen LogP contribution in [0.1, 0.15) is 11.3 Å². The molecule has 5 heteroatoms. The normalized spacial score (nSPS) is 10.3. The molecule has 0 saturated heterocycles. The van der Waals surface area contributed by atoms with Gasteiger partial charge >= 0.3 is 0 Å². The molecule has 0 fully saturated rings. The van der Waals surface area contributed by atoms with Crippen LogP contribution in [0.3, 0.4) is 0 Å². The fraction of sp³-hybridized carbons (Fsp3) is 0.0625. The van der Waals surface area contributed by atoms with Gasteiger partial charge in [-0.15, -0.1) is 5.10 Å². The van der Waals surface area contributed by atoms with Gasteiger partial charge in [0.25, 0.3) is 0 Å². The highest BCUT2D eigenvalue weighted by Crippen LogP contribution is 2.27. The third-order valence-corrected chi connectivity index (χ3v) is 3.45. The first kappa shape index (κ1) is 13.3. The molecular formula is C16H11ClN4. The van der Waals surface area contributed by atoms with Gasteiger partial charge in [-0.1, -0.05) is 47.1 Å². The number of nitriles is 1. The molecule has 0 radical (unpaired) electrons. The van der Waals surface area contributed by atoms with Gasteiger partial charge in [-0.3, -0.25) is 0 Å². The van der Waals surface area contributed by atoms with Crippen molar-refractivity contribution in [2.75, 3.05) is 0 Å². The summed E-state index contributed by atoms with van der Waals surface area (Å²) in [5.74, 6) is 0. The van der Waals surface area contributed by atoms with Crippen molar-refractivity contribution >= 4 is 11.6 Å². The van der Waals surface area contributed by atoms with E-state index in [1.54, 1.807) is 16.8 Å². The smallest absolute Gasteiger partial charge is 0.191 e. The minimum Gasteiger partial charge on any atom is -0.211 e. The van der Waals surface area contributed by atoms with E-state index in [0.717, 1.165) is 16.8 Å². The second-order valence-corrected chi connectivity index (χ2v) is 5.04. The van der Waals surface area contributed by atoms with Crippen LogP contribution in [0.25, 0.3) is 16.9 Å². The Labute approximate surface area is 127 Å². The van der Waals surface area contributed by atoms with E-state index >= 15 is 0 Å². The molecule has 0 aliphatic rings. The van der Waals surface area contributed by atoms with Crippen LogP contribution in [0.15, 0.2) is 48.5 Å². The Kier molecular flexibility index (Phi) is 3.43. The molecule has 0 atom stereocenters. The summed E-state index contributed by atoms with van der Waals surface area (Å²) in [7, 11) is 0. The summed E-state index contributed by atoms with van der Waals surface area (Å²) in [5, 5.41) is 18.0. The van der Waals surface area contributed by atoms with E-state index in [0.29, 0.717) is 10.7 Å². The number of para-hydroxylation sites is 1. The zero-order valence-corrected chi connectivity index (χ0v) is 12.0. The highest BCUT2D eigenvalue weighted by Gasteiger charge is 2.17. The van der Waals surface area contributed by atoms with Crippen molar-refractivity contribution < 1.29 is 0 Å². The maximum Gasteiger partial charge on any atom is 0.191 e. The predicted octanol–water partition coefficient (Wildman–Crippen LogP) is 3.77. The lowest BCUT2D eigenvalue weighted by molar-refractivity contribution is 0.802. The van der Waals surface area contributed by atoms with Crippen LogP contribution in [0.2, 0.25) is 5.02 Å². The zero-order chi connectivity index (χ0) is 14.8. The van der Waals surface area contributed by atoms with Crippen molar-refractivity contribution in [2.45, 2.75) is 6.92 Å². The number of halogens is 1. The van der Waals surface area contributed by atoms with E-state index in [1.807, 2.05) is 43.3 Å². The molecule has 0 unspecified atom stereocenters. The average Bonchev–Trinajstić information content (AvgIpc) is 2.91. The number of aromatic nitrogens is 3. The van der Waals surface area contributed by atoms with Crippen LogP contribution in [0, 0.1) is 18.3 Å². The van der Waals surface area contributed by atoms with Gasteiger partial charge in [0.05, 0.1) is 5.69 Å². The Morgan fingerprint density at radius 2 is 1.95 bits per heavy atom. The molecule has 2 aromatic carbocycles. The maximum absolute atomic E-state index is 9.28. The lowest BCUT2D eigenvalue weighted by Crippen LogP contribution is -2.01. The van der Waals surface area contributed by atoms with Crippen molar-refractivity contribution in [3.63, 3.8) is 0 Å². The molecule has 0 bridgehead atoms. The topological polar surface area (TPSA) is 54.5 Å². The third kappa shape index (κ3) is 2.39. The summed E-state index contributed by atoms with van der Waals surface area (Å²) in [6.07, 6.45) is 0. The molecule has 0 aliphatic carbocycles. The molecule has 4 nitrogen and oxygen atoms in total. The van der Waals surface area contributed by atoms with Crippen LogP contribution in [-0.4, -0.2) is 15.0 Å². The van der Waals surface area contributed by atoms with Crippen LogP contribution in [0.4, 0.5) is 0 Å². The Morgan fingerprint density at radius 1 is 1.14 bits per heavy atom. The lowest BCUT2D eigenvalue weighted by atomic mass is 10.1. The second kappa shape index (κ2) is 5.39. The van der Waals surface area contributed by atoms with Gasteiger partial charge < -0.3 is 0 Å². The largest absolute Gasteiger partial charge is 0.211 e. The molecule has 1 aromatic heterocycles. The van der Waals surface area contributed by atoms with Crippen molar-refractivity contribution in [2.24, 2.45) is 0 Å². The molecule has 0 N–H and O–H groups in total. The summed E-state index contributed by atoms with van der Waals surface area (Å²) in [6, 6.07) is 17.2. The van der Waals surface area contributed by atoms with Gasteiger partial charge in [-0.2, -0.15) is 5.26 Å². The Balaban J connectivity index is 2.28. The standard InChI is InChI=1S/C16H11ClN4/c1-11-5-2-3-8-15(11)21-16(14(10-18)19-20-21)12-6-4-7-13(17)9-12/h2-9H,1H3. The van der Waals surface area contributed by atoms with Crippen LogP contribution in [0.5, 0.6) is 0 Å². The molecule has 0 amide bonds. The molecule has 0 aliphatic heterocycles. The minimum absolute atomic E-state index is 0.278. The fourth-order valence-corrected chi connectivity index (χ4v) is 2.41. The van der Waals surface area contributed by atoms with Crippen molar-refractivity contribution in [3.05, 3.63) is 64.8 Å². The fourth-order valence-electron chi connectivity index (χ4n) is 2.22. The summed E-state index contributed by atoms with van der Waals surface area (Å²) in [6.45, 7) is 1.99. The Hall–Kier alpha value is -2.64. The number of hydrogen-bond acceptors (Lipinski definition) is 3. The molecule has 3 aromatic rings. The number of aryl methyl sites for hydroxylation is 1. The summed E-state index contributed by atoms with van der Waals surface area (Å²) in [4.78, 5) is 0. The number of benzene rings is 2. The Morgan fingerprint density at radius 3 is 2.67 bits per heavy atom. The van der Waals surface area contributed by atoms with Gasteiger partial charge in [-0.25, -0.2) is 4.68 Å². The van der Waals surface area contributed by atoms with E-state index in [1.165, 1.54) is 0 Å². The summed E-state index contributed by atoms with van der Waals surface area (Å²) >= 11 is 6.05. The number of nitrogens with zero attached hydrogens (tertiary/aromatic N) is 4. The maximum atomic E-state index is 9.28. The van der Waals surface area contributed by atoms with Crippen molar-refractivity contribution in [1.29, 1.82) is 5.26 Å². The summed E-state index contributed by atoms with van der Waals surface area (Å²) < 4.78 is 1.68. The van der Waals surface area contributed by atoms with Crippen LogP contribution < -0.4 is 0 Å². The van der Waals surface area contributed by atoms with E-state index < -0.39 is 0 Å². The highest BCUT2D eigenvalue weighted by atomic mass is 35.5. The zero-order valence-electron chi connectivity index (χ0n) is 11.3. The van der Waals surface area contributed by atoms with Gasteiger partial charge in [0, 0.05) is 10.6 Å². The molecule has 0 saturated carbocycles. The van der Waals surface area contributed by atoms with Crippen molar-refractivity contribution in [3.8, 4) is 23.0 Å². The Bertz CT molecular complexity index is 845. The van der Waals surface area contributed by atoms with Crippen LogP contribution >= 0.6 is 11.6 Å². The van der Waals surface area contributed by atoms with Gasteiger partial charge in [0.15, 0.2) is 5.69 Å². The molecule has 0 spiro atoms. The van der Waals surface area contributed by atoms with E-state index in [9.17, 15) is 5.26 Å². The molecule has 21 heavy (non-hydrogen) atoms.